The van der Waals surface area contributed by atoms with Crippen LogP contribution in [0.4, 0.5) is 4.39 Å². The highest BCUT2D eigenvalue weighted by molar-refractivity contribution is 5.96. The van der Waals surface area contributed by atoms with Crippen LogP contribution < -0.4 is 5.32 Å². The molecule has 2 amide bonds. The Morgan fingerprint density at radius 2 is 2.25 bits per heavy atom. The van der Waals surface area contributed by atoms with Crippen LogP contribution in [0.25, 0.3) is 0 Å². The van der Waals surface area contributed by atoms with E-state index in [1.165, 1.54) is 24.2 Å². The van der Waals surface area contributed by atoms with Gasteiger partial charge >= 0.3 is 0 Å². The second kappa shape index (κ2) is 8.21. The molecule has 1 heterocycles. The van der Waals surface area contributed by atoms with Crippen molar-refractivity contribution < 1.29 is 18.7 Å². The smallest absolute Gasteiger partial charge is 0.254 e. The molecule has 0 aliphatic carbocycles. The van der Waals surface area contributed by atoms with E-state index in [1.54, 1.807) is 7.11 Å². The fraction of sp³-hybridized carbons (Fsp3) is 0.462. The van der Waals surface area contributed by atoms with Gasteiger partial charge in [-0.3, -0.25) is 9.59 Å². The summed E-state index contributed by atoms with van der Waals surface area (Å²) in [5.74, 6) is -1.43. The molecule has 1 aromatic rings. The van der Waals surface area contributed by atoms with Crippen LogP contribution in [0.2, 0.25) is 0 Å². The quantitative estimate of drug-likeness (QED) is 0.582. The van der Waals surface area contributed by atoms with Crippen LogP contribution in [-0.2, 0) is 9.53 Å². The van der Waals surface area contributed by atoms with Gasteiger partial charge in [0.05, 0.1) is 6.54 Å². The number of rotatable bonds is 7. The SMILES string of the molecule is COCCCNC(=O)CN(C)C(=O)c1ccnc(F)c1. The van der Waals surface area contributed by atoms with Gasteiger partial charge in [-0.25, -0.2) is 4.98 Å². The third-order valence-corrected chi connectivity index (χ3v) is 2.55. The predicted octanol–water partition coefficient (Wildman–Crippen LogP) is 0.445. The number of ether oxygens (including phenoxy) is 1. The lowest BCUT2D eigenvalue weighted by Crippen LogP contribution is -2.38. The first-order chi connectivity index (χ1) is 9.54. The van der Waals surface area contributed by atoms with Gasteiger partial charge in [0.2, 0.25) is 11.9 Å². The second-order valence-corrected chi connectivity index (χ2v) is 4.22. The Bertz CT molecular complexity index is 468. The fourth-order valence-corrected chi connectivity index (χ4v) is 1.54. The van der Waals surface area contributed by atoms with E-state index in [-0.39, 0.29) is 18.0 Å². The van der Waals surface area contributed by atoms with Crippen molar-refractivity contribution in [3.63, 3.8) is 0 Å². The molecule has 0 radical (unpaired) electrons. The van der Waals surface area contributed by atoms with Crippen molar-refractivity contribution in [3.05, 3.63) is 29.8 Å². The van der Waals surface area contributed by atoms with Crippen molar-refractivity contribution in [1.29, 1.82) is 0 Å². The van der Waals surface area contributed by atoms with Crippen molar-refractivity contribution in [2.45, 2.75) is 6.42 Å². The summed E-state index contributed by atoms with van der Waals surface area (Å²) in [7, 11) is 3.07. The highest BCUT2D eigenvalue weighted by Crippen LogP contribution is 2.04. The van der Waals surface area contributed by atoms with E-state index in [2.05, 4.69) is 10.3 Å². The lowest BCUT2D eigenvalue weighted by Gasteiger charge is -2.16. The lowest BCUT2D eigenvalue weighted by molar-refractivity contribution is -0.121. The minimum atomic E-state index is -0.728. The van der Waals surface area contributed by atoms with Crippen LogP contribution in [0.3, 0.4) is 0 Å². The van der Waals surface area contributed by atoms with E-state index in [1.807, 2.05) is 0 Å². The first-order valence-electron chi connectivity index (χ1n) is 6.17. The lowest BCUT2D eigenvalue weighted by atomic mass is 10.2. The molecule has 0 unspecified atom stereocenters. The van der Waals surface area contributed by atoms with Crippen LogP contribution >= 0.6 is 0 Å². The van der Waals surface area contributed by atoms with Gasteiger partial charge in [-0.05, 0) is 12.5 Å². The minimum absolute atomic E-state index is 0.0875. The molecule has 0 spiro atoms. The van der Waals surface area contributed by atoms with Gasteiger partial charge in [-0.1, -0.05) is 0 Å². The molecule has 20 heavy (non-hydrogen) atoms. The Hall–Kier alpha value is -2.02. The summed E-state index contributed by atoms with van der Waals surface area (Å²) >= 11 is 0. The van der Waals surface area contributed by atoms with E-state index in [0.717, 1.165) is 6.07 Å². The van der Waals surface area contributed by atoms with Crippen LogP contribution in [0, 0.1) is 5.95 Å². The van der Waals surface area contributed by atoms with Crippen LogP contribution in [0.1, 0.15) is 16.8 Å². The number of carbonyl (C=O) groups excluding carboxylic acids is 2. The maximum atomic E-state index is 12.9. The zero-order valence-corrected chi connectivity index (χ0v) is 11.6. The van der Waals surface area contributed by atoms with Crippen LogP contribution in [-0.4, -0.2) is 55.6 Å². The molecule has 1 aromatic heterocycles. The normalized spacial score (nSPS) is 10.2. The standard InChI is InChI=1S/C13H18FN3O3/c1-17(9-12(18)16-5-3-7-20-2)13(19)10-4-6-15-11(14)8-10/h4,6,8H,3,5,7,9H2,1-2H3,(H,16,18). The maximum Gasteiger partial charge on any atom is 0.254 e. The number of pyridine rings is 1. The topological polar surface area (TPSA) is 71.5 Å². The largest absolute Gasteiger partial charge is 0.385 e. The van der Waals surface area contributed by atoms with Gasteiger partial charge in [-0.15, -0.1) is 0 Å². The first-order valence-corrected chi connectivity index (χ1v) is 6.17. The Labute approximate surface area is 116 Å². The fourth-order valence-electron chi connectivity index (χ4n) is 1.54. The average molecular weight is 283 g/mol. The zero-order chi connectivity index (χ0) is 15.0. The molecule has 0 fully saturated rings. The van der Waals surface area contributed by atoms with Gasteiger partial charge in [0.15, 0.2) is 0 Å². The van der Waals surface area contributed by atoms with Gasteiger partial charge in [-0.2, -0.15) is 4.39 Å². The summed E-state index contributed by atoms with van der Waals surface area (Å²) in [4.78, 5) is 28.1. The highest BCUT2D eigenvalue weighted by atomic mass is 19.1. The van der Waals surface area contributed by atoms with E-state index in [0.29, 0.717) is 19.6 Å². The Balaban J connectivity index is 2.43. The molecule has 0 aliphatic heterocycles. The van der Waals surface area contributed by atoms with Crippen molar-refractivity contribution >= 4 is 11.8 Å². The zero-order valence-electron chi connectivity index (χ0n) is 11.6. The summed E-state index contributed by atoms with van der Waals surface area (Å²) in [6.07, 6.45) is 1.91. The highest BCUT2D eigenvalue weighted by Gasteiger charge is 2.15. The molecule has 7 heteroatoms. The van der Waals surface area contributed by atoms with Gasteiger partial charge in [0, 0.05) is 45.1 Å². The van der Waals surface area contributed by atoms with E-state index >= 15 is 0 Å². The van der Waals surface area contributed by atoms with Gasteiger partial charge in [0.25, 0.3) is 5.91 Å². The van der Waals surface area contributed by atoms with E-state index in [9.17, 15) is 14.0 Å². The molecule has 0 saturated carbocycles. The summed E-state index contributed by atoms with van der Waals surface area (Å²) in [6.45, 7) is 0.958. The van der Waals surface area contributed by atoms with Crippen LogP contribution in [0.15, 0.2) is 18.3 Å². The van der Waals surface area contributed by atoms with Crippen molar-refractivity contribution in [3.8, 4) is 0 Å². The molecule has 6 nitrogen and oxygen atoms in total. The number of likely N-dealkylation sites (N-methyl/N-ethyl adjacent to an activating group) is 1. The molecule has 1 N–H and O–H groups in total. The van der Waals surface area contributed by atoms with Gasteiger partial charge < -0.3 is 15.0 Å². The number of carbonyl (C=O) groups is 2. The number of amides is 2. The van der Waals surface area contributed by atoms with Crippen molar-refractivity contribution in [1.82, 2.24) is 15.2 Å². The van der Waals surface area contributed by atoms with Crippen LogP contribution in [0.5, 0.6) is 0 Å². The van der Waals surface area contributed by atoms with Gasteiger partial charge in [0.1, 0.15) is 0 Å². The number of methoxy groups -OCH3 is 1. The molecule has 110 valence electrons. The first kappa shape index (κ1) is 16.0. The minimum Gasteiger partial charge on any atom is -0.385 e. The Morgan fingerprint density at radius 1 is 1.50 bits per heavy atom. The molecule has 0 atom stereocenters. The average Bonchev–Trinajstić information content (AvgIpc) is 2.42. The number of halogens is 1. The molecular weight excluding hydrogens is 265 g/mol. The number of aromatic nitrogens is 1. The number of hydrogen-bond donors (Lipinski definition) is 1. The second-order valence-electron chi connectivity index (χ2n) is 4.22. The summed E-state index contributed by atoms with van der Waals surface area (Å²) < 4.78 is 17.8. The molecule has 0 aromatic carbocycles. The monoisotopic (exact) mass is 283 g/mol. The molecule has 0 saturated heterocycles. The number of hydrogen-bond acceptors (Lipinski definition) is 4. The van der Waals surface area contributed by atoms with E-state index in [4.69, 9.17) is 4.74 Å². The number of nitrogens with one attached hydrogen (secondary N) is 1. The van der Waals surface area contributed by atoms with E-state index < -0.39 is 11.9 Å². The summed E-state index contributed by atoms with van der Waals surface area (Å²) in [5, 5.41) is 2.67. The van der Waals surface area contributed by atoms with Crippen molar-refractivity contribution in [2.24, 2.45) is 0 Å². The third-order valence-electron chi connectivity index (χ3n) is 2.55. The Kier molecular flexibility index (Phi) is 6.58. The molecule has 1 rings (SSSR count). The summed E-state index contributed by atoms with van der Waals surface area (Å²) in [5.41, 5.74) is 0.159. The third kappa shape index (κ3) is 5.31. The van der Waals surface area contributed by atoms with Crippen molar-refractivity contribution in [2.75, 3.05) is 33.9 Å². The number of nitrogens with zero attached hydrogens (tertiary/aromatic N) is 2. The molecular formula is C13H18FN3O3. The molecule has 0 aliphatic rings. The Morgan fingerprint density at radius 3 is 2.90 bits per heavy atom. The maximum absolute atomic E-state index is 12.9. The predicted molar refractivity (Wildman–Crippen MR) is 70.7 cm³/mol. The summed E-state index contributed by atoms with van der Waals surface area (Å²) in [6, 6.07) is 2.44. The molecule has 0 bridgehead atoms.